The van der Waals surface area contributed by atoms with Crippen molar-refractivity contribution in [3.8, 4) is 0 Å². The normalized spacial score (nSPS) is 26.9. The molecule has 1 aliphatic carbocycles. The highest BCUT2D eigenvalue weighted by Gasteiger charge is 2.41. The van der Waals surface area contributed by atoms with Crippen LogP contribution in [0.5, 0.6) is 0 Å². The van der Waals surface area contributed by atoms with Gasteiger partial charge in [0.2, 0.25) is 0 Å². The zero-order chi connectivity index (χ0) is 16.1. The summed E-state index contributed by atoms with van der Waals surface area (Å²) in [6.45, 7) is 9.42. The van der Waals surface area contributed by atoms with Crippen LogP contribution in [0.2, 0.25) is 0 Å². The molecule has 3 rings (SSSR count). The molecule has 0 aromatic rings. The maximum atomic E-state index is 4.54. The Balaban J connectivity index is 1.41. The second kappa shape index (κ2) is 7.84. The molecule has 1 N–H and O–H groups in total. The van der Waals surface area contributed by atoms with Crippen molar-refractivity contribution < 1.29 is 0 Å². The number of aliphatic imine (C=N–C) groups is 1. The third kappa shape index (κ3) is 4.38. The second-order valence-corrected chi connectivity index (χ2v) is 7.85. The van der Waals surface area contributed by atoms with Crippen molar-refractivity contribution in [3.05, 3.63) is 0 Å². The van der Waals surface area contributed by atoms with Crippen LogP contribution in [-0.4, -0.2) is 87.1 Å². The summed E-state index contributed by atoms with van der Waals surface area (Å²) in [6.07, 6.45) is 8.39. The van der Waals surface area contributed by atoms with Crippen LogP contribution in [0.15, 0.2) is 4.99 Å². The van der Waals surface area contributed by atoms with Crippen molar-refractivity contribution >= 4 is 5.96 Å². The first-order valence-electron chi connectivity index (χ1n) is 9.57. The van der Waals surface area contributed by atoms with E-state index >= 15 is 0 Å². The largest absolute Gasteiger partial charge is 0.355 e. The van der Waals surface area contributed by atoms with Gasteiger partial charge in [0, 0.05) is 46.3 Å². The number of hydrogen-bond acceptors (Lipinski definition) is 3. The quantitative estimate of drug-likeness (QED) is 0.630. The molecule has 0 radical (unpaired) electrons. The average Bonchev–Trinajstić information content (AvgIpc) is 3.13. The van der Waals surface area contributed by atoms with Crippen LogP contribution in [0.1, 0.15) is 38.5 Å². The molecule has 3 aliphatic rings. The molecule has 0 atom stereocenters. The van der Waals surface area contributed by atoms with Crippen LogP contribution in [0.4, 0.5) is 0 Å². The van der Waals surface area contributed by atoms with Gasteiger partial charge >= 0.3 is 0 Å². The SMILES string of the molecule is CN=C(NCCN1CCCN(C)CC1)N1CCC2(CCCC2)C1. The Morgan fingerprint density at radius 1 is 1.00 bits per heavy atom. The van der Waals surface area contributed by atoms with Crippen LogP contribution in [0.3, 0.4) is 0 Å². The Kier molecular flexibility index (Phi) is 5.81. The number of hydrogen-bond donors (Lipinski definition) is 1. The number of guanidine groups is 1. The van der Waals surface area contributed by atoms with Crippen LogP contribution >= 0.6 is 0 Å². The molecule has 2 aliphatic heterocycles. The van der Waals surface area contributed by atoms with Gasteiger partial charge in [-0.05, 0) is 51.2 Å². The van der Waals surface area contributed by atoms with E-state index in [1.54, 1.807) is 0 Å². The zero-order valence-corrected chi connectivity index (χ0v) is 15.2. The molecule has 1 spiro atoms. The maximum absolute atomic E-state index is 4.54. The van der Waals surface area contributed by atoms with E-state index in [0.717, 1.165) is 19.0 Å². The van der Waals surface area contributed by atoms with Gasteiger partial charge in [0.1, 0.15) is 0 Å². The second-order valence-electron chi connectivity index (χ2n) is 7.85. The summed E-state index contributed by atoms with van der Waals surface area (Å²) in [4.78, 5) is 12.1. The summed E-state index contributed by atoms with van der Waals surface area (Å²) in [5.74, 6) is 1.13. The molecule has 3 fully saturated rings. The molecule has 2 heterocycles. The lowest BCUT2D eigenvalue weighted by molar-refractivity contribution is 0.277. The lowest BCUT2D eigenvalue weighted by Gasteiger charge is -2.27. The number of rotatable bonds is 3. The fourth-order valence-corrected chi connectivity index (χ4v) is 4.63. The van der Waals surface area contributed by atoms with Gasteiger partial charge in [0.15, 0.2) is 5.96 Å². The summed E-state index contributed by atoms with van der Waals surface area (Å²) >= 11 is 0. The van der Waals surface area contributed by atoms with E-state index in [1.807, 2.05) is 7.05 Å². The monoisotopic (exact) mass is 321 g/mol. The van der Waals surface area contributed by atoms with Crippen LogP contribution in [-0.2, 0) is 0 Å². The molecule has 2 saturated heterocycles. The maximum Gasteiger partial charge on any atom is 0.193 e. The number of nitrogens with one attached hydrogen (secondary N) is 1. The Hall–Kier alpha value is -0.810. The van der Waals surface area contributed by atoms with Crippen molar-refractivity contribution in [2.45, 2.75) is 38.5 Å². The standard InChI is InChI=1S/C18H35N5/c1-19-17(23-12-8-18(16-23)6-3-4-7-18)20-9-13-22-11-5-10-21(2)14-15-22/h3-16H2,1-2H3,(H,19,20). The molecule has 0 unspecified atom stereocenters. The van der Waals surface area contributed by atoms with Crippen molar-refractivity contribution in [2.24, 2.45) is 10.4 Å². The Labute approximate surface area is 142 Å². The molecular formula is C18H35N5. The molecule has 0 aromatic carbocycles. The van der Waals surface area contributed by atoms with Gasteiger partial charge in [-0.3, -0.25) is 4.99 Å². The molecule has 0 bridgehead atoms. The lowest BCUT2D eigenvalue weighted by Crippen LogP contribution is -2.44. The smallest absolute Gasteiger partial charge is 0.193 e. The van der Waals surface area contributed by atoms with E-state index in [2.05, 4.69) is 32.1 Å². The molecule has 0 aromatic heterocycles. The fraction of sp³-hybridized carbons (Fsp3) is 0.944. The summed E-state index contributed by atoms with van der Waals surface area (Å²) in [5, 5.41) is 3.62. The highest BCUT2D eigenvalue weighted by molar-refractivity contribution is 5.80. The minimum atomic E-state index is 0.618. The van der Waals surface area contributed by atoms with Crippen LogP contribution in [0, 0.1) is 5.41 Å². The summed E-state index contributed by atoms with van der Waals surface area (Å²) < 4.78 is 0. The van der Waals surface area contributed by atoms with Gasteiger partial charge in [0.05, 0.1) is 0 Å². The first-order chi connectivity index (χ1) is 11.2. The average molecular weight is 322 g/mol. The highest BCUT2D eigenvalue weighted by Crippen LogP contribution is 2.45. The van der Waals surface area contributed by atoms with Crippen LogP contribution in [0.25, 0.3) is 0 Å². The van der Waals surface area contributed by atoms with E-state index in [4.69, 9.17) is 0 Å². The van der Waals surface area contributed by atoms with Crippen molar-refractivity contribution in [2.75, 3.05) is 66.5 Å². The molecule has 5 heteroatoms. The number of nitrogens with zero attached hydrogens (tertiary/aromatic N) is 4. The summed E-state index contributed by atoms with van der Waals surface area (Å²) in [7, 11) is 4.17. The van der Waals surface area contributed by atoms with Crippen molar-refractivity contribution in [3.63, 3.8) is 0 Å². The lowest BCUT2D eigenvalue weighted by atomic mass is 9.86. The zero-order valence-electron chi connectivity index (χ0n) is 15.2. The number of likely N-dealkylation sites (tertiary alicyclic amines) is 1. The Morgan fingerprint density at radius 3 is 2.61 bits per heavy atom. The molecular weight excluding hydrogens is 286 g/mol. The van der Waals surface area contributed by atoms with E-state index in [0.29, 0.717) is 5.41 Å². The predicted molar refractivity (Wildman–Crippen MR) is 97.0 cm³/mol. The Morgan fingerprint density at radius 2 is 1.83 bits per heavy atom. The van der Waals surface area contributed by atoms with Crippen LogP contribution < -0.4 is 5.32 Å². The van der Waals surface area contributed by atoms with Gasteiger partial charge in [-0.1, -0.05) is 12.8 Å². The first-order valence-corrected chi connectivity index (χ1v) is 9.57. The third-order valence-electron chi connectivity index (χ3n) is 6.14. The first kappa shape index (κ1) is 17.0. The molecule has 132 valence electrons. The minimum Gasteiger partial charge on any atom is -0.355 e. The summed E-state index contributed by atoms with van der Waals surface area (Å²) in [5.41, 5.74) is 0.618. The highest BCUT2D eigenvalue weighted by atomic mass is 15.3. The minimum absolute atomic E-state index is 0.618. The van der Waals surface area contributed by atoms with Crippen molar-refractivity contribution in [1.82, 2.24) is 20.0 Å². The number of likely N-dealkylation sites (N-methyl/N-ethyl adjacent to an activating group) is 1. The molecule has 23 heavy (non-hydrogen) atoms. The van der Waals surface area contributed by atoms with E-state index in [9.17, 15) is 0 Å². The van der Waals surface area contributed by atoms with E-state index in [-0.39, 0.29) is 0 Å². The van der Waals surface area contributed by atoms with Gasteiger partial charge in [-0.25, -0.2) is 0 Å². The van der Waals surface area contributed by atoms with E-state index < -0.39 is 0 Å². The molecule has 1 saturated carbocycles. The van der Waals surface area contributed by atoms with E-state index in [1.165, 1.54) is 77.8 Å². The topological polar surface area (TPSA) is 34.1 Å². The van der Waals surface area contributed by atoms with Gasteiger partial charge in [-0.2, -0.15) is 0 Å². The summed E-state index contributed by atoms with van der Waals surface area (Å²) in [6, 6.07) is 0. The third-order valence-corrected chi connectivity index (χ3v) is 6.14. The Bertz CT molecular complexity index is 402. The molecule has 5 nitrogen and oxygen atoms in total. The fourth-order valence-electron chi connectivity index (χ4n) is 4.63. The van der Waals surface area contributed by atoms with Gasteiger partial charge in [-0.15, -0.1) is 0 Å². The van der Waals surface area contributed by atoms with Crippen molar-refractivity contribution in [1.29, 1.82) is 0 Å². The molecule has 0 amide bonds. The van der Waals surface area contributed by atoms with Gasteiger partial charge < -0.3 is 20.0 Å². The predicted octanol–water partition coefficient (Wildman–Crippen LogP) is 1.47. The van der Waals surface area contributed by atoms with Gasteiger partial charge in [0.25, 0.3) is 0 Å².